The molecule has 4 rings (SSSR count). The lowest BCUT2D eigenvalue weighted by Crippen LogP contribution is -2.31. The summed E-state index contributed by atoms with van der Waals surface area (Å²) in [4.78, 5) is 10.9. The van der Waals surface area contributed by atoms with Crippen LogP contribution in [-0.2, 0) is 17.8 Å². The van der Waals surface area contributed by atoms with Crippen LogP contribution in [-0.4, -0.2) is 39.3 Å². The molecule has 3 heterocycles. The molecular formula is C20H21ClN4O2. The fraction of sp³-hybridized carbons (Fsp3) is 0.350. The predicted molar refractivity (Wildman–Crippen MR) is 102 cm³/mol. The zero-order valence-electron chi connectivity index (χ0n) is 14.9. The lowest BCUT2D eigenvalue weighted by atomic mass is 10.2. The SMILES string of the molecule is Clc1ccc(-c2noc(CN(Cc3ccncc3)C[C@@H]3CCCO3)n2)cc1. The molecule has 0 radical (unpaired) electrons. The lowest BCUT2D eigenvalue weighted by Gasteiger charge is -2.23. The molecule has 0 spiro atoms. The van der Waals surface area contributed by atoms with Gasteiger partial charge in [-0.2, -0.15) is 4.98 Å². The number of halogens is 1. The van der Waals surface area contributed by atoms with Crippen molar-refractivity contribution in [3.8, 4) is 11.4 Å². The first-order valence-corrected chi connectivity index (χ1v) is 9.45. The van der Waals surface area contributed by atoms with E-state index in [-0.39, 0.29) is 6.10 Å². The second kappa shape index (κ2) is 8.61. The molecule has 0 bridgehead atoms. The number of hydrogen-bond donors (Lipinski definition) is 0. The summed E-state index contributed by atoms with van der Waals surface area (Å²) in [5.41, 5.74) is 2.08. The average Bonchev–Trinajstić information content (AvgIpc) is 3.35. The quantitative estimate of drug-likeness (QED) is 0.614. The molecule has 7 heteroatoms. The Morgan fingerprint density at radius 1 is 1.07 bits per heavy atom. The fourth-order valence-electron chi connectivity index (χ4n) is 3.23. The third kappa shape index (κ3) is 4.91. The summed E-state index contributed by atoms with van der Waals surface area (Å²) in [5, 5.41) is 4.79. The molecule has 1 atom stereocenters. The summed E-state index contributed by atoms with van der Waals surface area (Å²) < 4.78 is 11.3. The Morgan fingerprint density at radius 3 is 2.63 bits per heavy atom. The molecule has 1 fully saturated rings. The third-order valence-corrected chi connectivity index (χ3v) is 4.82. The molecule has 140 valence electrons. The van der Waals surface area contributed by atoms with Crippen molar-refractivity contribution in [2.24, 2.45) is 0 Å². The van der Waals surface area contributed by atoms with E-state index in [1.807, 2.05) is 48.8 Å². The zero-order valence-corrected chi connectivity index (χ0v) is 15.7. The maximum Gasteiger partial charge on any atom is 0.241 e. The number of pyridine rings is 1. The maximum absolute atomic E-state index is 5.94. The van der Waals surface area contributed by atoms with Crippen LogP contribution in [0.4, 0.5) is 0 Å². The monoisotopic (exact) mass is 384 g/mol. The highest BCUT2D eigenvalue weighted by molar-refractivity contribution is 6.30. The Kier molecular flexibility index (Phi) is 5.77. The molecule has 0 aliphatic carbocycles. The van der Waals surface area contributed by atoms with Gasteiger partial charge < -0.3 is 9.26 Å². The number of aromatic nitrogens is 3. The Bertz CT molecular complexity index is 848. The molecule has 0 amide bonds. The smallest absolute Gasteiger partial charge is 0.241 e. The van der Waals surface area contributed by atoms with Gasteiger partial charge in [-0.1, -0.05) is 16.8 Å². The number of nitrogens with zero attached hydrogens (tertiary/aromatic N) is 4. The minimum absolute atomic E-state index is 0.255. The molecule has 1 aromatic carbocycles. The maximum atomic E-state index is 5.94. The van der Waals surface area contributed by atoms with Crippen LogP contribution in [0.3, 0.4) is 0 Å². The Morgan fingerprint density at radius 2 is 1.89 bits per heavy atom. The lowest BCUT2D eigenvalue weighted by molar-refractivity contribution is 0.0640. The molecule has 1 saturated heterocycles. The summed E-state index contributed by atoms with van der Waals surface area (Å²) in [6, 6.07) is 11.5. The van der Waals surface area contributed by atoms with Crippen molar-refractivity contribution in [3.05, 3.63) is 65.3 Å². The highest BCUT2D eigenvalue weighted by Crippen LogP contribution is 2.20. The topological polar surface area (TPSA) is 64.3 Å². The molecule has 1 aliphatic heterocycles. The van der Waals surface area contributed by atoms with E-state index in [1.165, 1.54) is 5.56 Å². The number of hydrogen-bond acceptors (Lipinski definition) is 6. The van der Waals surface area contributed by atoms with Gasteiger partial charge in [0.05, 0.1) is 12.6 Å². The van der Waals surface area contributed by atoms with Crippen molar-refractivity contribution in [3.63, 3.8) is 0 Å². The van der Waals surface area contributed by atoms with Gasteiger partial charge in [0.1, 0.15) is 0 Å². The normalized spacial score (nSPS) is 16.9. The van der Waals surface area contributed by atoms with Crippen molar-refractivity contribution >= 4 is 11.6 Å². The predicted octanol–water partition coefficient (Wildman–Crippen LogP) is 3.97. The van der Waals surface area contributed by atoms with Gasteiger partial charge >= 0.3 is 0 Å². The molecule has 1 aliphatic rings. The van der Waals surface area contributed by atoms with Gasteiger partial charge in [0.15, 0.2) is 0 Å². The van der Waals surface area contributed by atoms with Crippen LogP contribution in [0.5, 0.6) is 0 Å². The van der Waals surface area contributed by atoms with E-state index in [1.54, 1.807) is 0 Å². The summed E-state index contributed by atoms with van der Waals surface area (Å²) in [6.45, 7) is 3.03. The number of ether oxygens (including phenoxy) is 1. The van der Waals surface area contributed by atoms with Crippen molar-refractivity contribution in [2.45, 2.75) is 32.0 Å². The van der Waals surface area contributed by atoms with Crippen molar-refractivity contribution < 1.29 is 9.26 Å². The van der Waals surface area contributed by atoms with Gasteiger partial charge in [-0.3, -0.25) is 9.88 Å². The summed E-state index contributed by atoms with van der Waals surface area (Å²) in [7, 11) is 0. The molecular weight excluding hydrogens is 364 g/mol. The molecule has 3 aromatic rings. The summed E-state index contributed by atoms with van der Waals surface area (Å²) >= 11 is 5.94. The minimum atomic E-state index is 0.255. The van der Waals surface area contributed by atoms with E-state index < -0.39 is 0 Å². The van der Waals surface area contributed by atoms with E-state index in [0.717, 1.165) is 38.1 Å². The van der Waals surface area contributed by atoms with E-state index >= 15 is 0 Å². The summed E-state index contributed by atoms with van der Waals surface area (Å²) in [6.07, 6.45) is 6.09. The van der Waals surface area contributed by atoms with Crippen LogP contribution in [0, 0.1) is 0 Å². The highest BCUT2D eigenvalue weighted by atomic mass is 35.5. The molecule has 0 N–H and O–H groups in total. The van der Waals surface area contributed by atoms with Crippen LogP contribution >= 0.6 is 11.6 Å². The van der Waals surface area contributed by atoms with Crippen molar-refractivity contribution in [2.75, 3.05) is 13.2 Å². The number of benzene rings is 1. The average molecular weight is 385 g/mol. The molecule has 6 nitrogen and oxygen atoms in total. The molecule has 0 unspecified atom stereocenters. The minimum Gasteiger partial charge on any atom is -0.377 e. The van der Waals surface area contributed by atoms with E-state index in [2.05, 4.69) is 20.0 Å². The van der Waals surface area contributed by atoms with Crippen LogP contribution in [0.15, 0.2) is 53.3 Å². The molecule has 0 saturated carbocycles. The van der Waals surface area contributed by atoms with E-state index in [4.69, 9.17) is 20.9 Å². The van der Waals surface area contributed by atoms with E-state index in [0.29, 0.717) is 23.3 Å². The van der Waals surface area contributed by atoms with E-state index in [9.17, 15) is 0 Å². The van der Waals surface area contributed by atoms with Crippen molar-refractivity contribution in [1.29, 1.82) is 0 Å². The van der Waals surface area contributed by atoms with Gasteiger partial charge in [-0.05, 0) is 54.8 Å². The first-order chi connectivity index (χ1) is 13.3. The first kappa shape index (κ1) is 18.1. The molecule has 2 aromatic heterocycles. The van der Waals surface area contributed by atoms with Crippen LogP contribution < -0.4 is 0 Å². The first-order valence-electron chi connectivity index (χ1n) is 9.07. The van der Waals surface area contributed by atoms with Crippen LogP contribution in [0.2, 0.25) is 5.02 Å². The second-order valence-corrected chi connectivity index (χ2v) is 7.12. The number of rotatable bonds is 7. The third-order valence-electron chi connectivity index (χ3n) is 4.57. The molecule has 27 heavy (non-hydrogen) atoms. The van der Waals surface area contributed by atoms with Crippen LogP contribution in [0.25, 0.3) is 11.4 Å². The van der Waals surface area contributed by atoms with Gasteiger partial charge in [-0.15, -0.1) is 0 Å². The van der Waals surface area contributed by atoms with Gasteiger partial charge in [0.25, 0.3) is 0 Å². The summed E-state index contributed by atoms with van der Waals surface area (Å²) in [5.74, 6) is 1.16. The Hall–Kier alpha value is -2.28. The van der Waals surface area contributed by atoms with Gasteiger partial charge in [-0.25, -0.2) is 0 Å². The zero-order chi connectivity index (χ0) is 18.5. The Labute approximate surface area is 163 Å². The van der Waals surface area contributed by atoms with Crippen molar-refractivity contribution in [1.82, 2.24) is 20.0 Å². The van der Waals surface area contributed by atoms with Gasteiger partial charge in [0.2, 0.25) is 11.7 Å². The fourth-order valence-corrected chi connectivity index (χ4v) is 3.36. The Balaban J connectivity index is 1.47. The largest absolute Gasteiger partial charge is 0.377 e. The van der Waals surface area contributed by atoms with Crippen LogP contribution in [0.1, 0.15) is 24.3 Å². The standard InChI is InChI=1S/C20H21ClN4O2/c21-17-5-3-16(4-6-17)20-23-19(27-24-20)14-25(13-18-2-1-11-26-18)12-15-7-9-22-10-8-15/h3-10,18H,1-2,11-14H2/t18-/m0/s1. The highest BCUT2D eigenvalue weighted by Gasteiger charge is 2.21. The second-order valence-electron chi connectivity index (χ2n) is 6.68. The van der Waals surface area contributed by atoms with Gasteiger partial charge in [0, 0.05) is 42.7 Å².